The zero-order chi connectivity index (χ0) is 7.83. The summed E-state index contributed by atoms with van der Waals surface area (Å²) in [4.78, 5) is 0. The summed E-state index contributed by atoms with van der Waals surface area (Å²) >= 11 is 9.13. The first-order valence-electron chi connectivity index (χ1n) is 3.90. The Balaban J connectivity index is 2.70. The molecule has 1 saturated carbocycles. The molecule has 0 aliphatic heterocycles. The predicted octanol–water partition coefficient (Wildman–Crippen LogP) is 3.14. The van der Waals surface area contributed by atoms with Crippen LogP contribution >= 0.6 is 25.3 Å². The van der Waals surface area contributed by atoms with E-state index in [1.54, 1.807) is 0 Å². The van der Waals surface area contributed by atoms with Gasteiger partial charge in [0.2, 0.25) is 0 Å². The molecule has 1 rings (SSSR count). The molecule has 0 atom stereocenters. The maximum absolute atomic E-state index is 4.56. The minimum Gasteiger partial charge on any atom is -0.161 e. The third-order valence-electron chi connectivity index (χ3n) is 2.66. The summed E-state index contributed by atoms with van der Waals surface area (Å²) in [6.45, 7) is 4.51. The number of hydrogen-bond donors (Lipinski definition) is 2. The van der Waals surface area contributed by atoms with Crippen molar-refractivity contribution in [3.63, 3.8) is 0 Å². The molecule has 0 saturated heterocycles. The first-order chi connectivity index (χ1) is 4.46. The molecule has 0 spiro atoms. The number of rotatable bonds is 0. The second-order valence-corrected chi connectivity index (χ2v) is 5.79. The summed E-state index contributed by atoms with van der Waals surface area (Å²) in [6, 6.07) is 0. The van der Waals surface area contributed by atoms with Gasteiger partial charge in [-0.1, -0.05) is 26.7 Å². The van der Waals surface area contributed by atoms with Gasteiger partial charge < -0.3 is 0 Å². The van der Waals surface area contributed by atoms with Crippen molar-refractivity contribution in [1.82, 2.24) is 0 Å². The zero-order valence-corrected chi connectivity index (χ0v) is 8.51. The van der Waals surface area contributed by atoms with Crippen molar-refractivity contribution in [1.29, 1.82) is 0 Å². The highest BCUT2D eigenvalue weighted by Gasteiger charge is 2.40. The fourth-order valence-corrected chi connectivity index (χ4v) is 2.02. The first-order valence-corrected chi connectivity index (χ1v) is 4.80. The van der Waals surface area contributed by atoms with Gasteiger partial charge in [0.25, 0.3) is 0 Å². The van der Waals surface area contributed by atoms with Crippen molar-refractivity contribution in [3.05, 3.63) is 0 Å². The largest absolute Gasteiger partial charge is 0.161 e. The van der Waals surface area contributed by atoms with E-state index in [4.69, 9.17) is 0 Å². The minimum atomic E-state index is -0.0365. The Bertz CT molecular complexity index is 111. The molecule has 1 aliphatic carbocycles. The van der Waals surface area contributed by atoms with E-state index >= 15 is 0 Å². The molecule has 0 amide bonds. The van der Waals surface area contributed by atoms with Gasteiger partial charge in [-0.2, -0.15) is 25.3 Å². The highest BCUT2D eigenvalue weighted by molar-refractivity contribution is 8.00. The van der Waals surface area contributed by atoms with E-state index in [2.05, 4.69) is 39.1 Å². The summed E-state index contributed by atoms with van der Waals surface area (Å²) in [6.07, 6.45) is 5.04. The fourth-order valence-electron chi connectivity index (χ4n) is 1.48. The van der Waals surface area contributed by atoms with Gasteiger partial charge in [0.1, 0.15) is 0 Å². The van der Waals surface area contributed by atoms with Crippen molar-refractivity contribution in [2.75, 3.05) is 0 Å². The van der Waals surface area contributed by atoms with Crippen LogP contribution in [-0.4, -0.2) is 4.08 Å². The topological polar surface area (TPSA) is 0 Å². The van der Waals surface area contributed by atoms with Gasteiger partial charge in [0, 0.05) is 0 Å². The molecule has 0 nitrogen and oxygen atoms in total. The average molecular weight is 176 g/mol. The Kier molecular flexibility index (Phi) is 2.31. The molecule has 2 heteroatoms. The third-order valence-corrected chi connectivity index (χ3v) is 4.32. The highest BCUT2D eigenvalue weighted by atomic mass is 32.2. The molecule has 1 fully saturated rings. The Labute approximate surface area is 74.6 Å². The Hall–Kier alpha value is 0.700. The van der Waals surface area contributed by atoms with Crippen molar-refractivity contribution in [3.8, 4) is 0 Å². The summed E-state index contributed by atoms with van der Waals surface area (Å²) in [5.41, 5.74) is 0.303. The van der Waals surface area contributed by atoms with Crippen molar-refractivity contribution in [2.45, 2.75) is 43.6 Å². The van der Waals surface area contributed by atoms with Gasteiger partial charge in [-0.25, -0.2) is 0 Å². The van der Waals surface area contributed by atoms with Gasteiger partial charge in [0.15, 0.2) is 0 Å². The Morgan fingerprint density at radius 1 is 1.00 bits per heavy atom. The van der Waals surface area contributed by atoms with Crippen LogP contribution in [0.1, 0.15) is 39.5 Å². The van der Waals surface area contributed by atoms with Gasteiger partial charge >= 0.3 is 0 Å². The molecule has 0 aromatic heterocycles. The standard InChI is InChI=1S/C8H16S2/c1-7(2)5-3-4-6-8(7,9)10/h9-10H,3-6H2,1-2H3. The van der Waals surface area contributed by atoms with Crippen LogP contribution in [0.5, 0.6) is 0 Å². The molecule has 0 unspecified atom stereocenters. The number of thiol groups is 2. The van der Waals surface area contributed by atoms with E-state index in [-0.39, 0.29) is 4.08 Å². The Morgan fingerprint density at radius 2 is 1.50 bits per heavy atom. The van der Waals surface area contributed by atoms with Gasteiger partial charge in [-0.15, -0.1) is 0 Å². The molecule has 0 bridgehead atoms. The lowest BCUT2D eigenvalue weighted by Crippen LogP contribution is -2.37. The molecular formula is C8H16S2. The smallest absolute Gasteiger partial charge is 0.0602 e. The van der Waals surface area contributed by atoms with Crippen LogP contribution in [0.3, 0.4) is 0 Å². The molecule has 0 heterocycles. The molecule has 1 aliphatic rings. The van der Waals surface area contributed by atoms with Crippen molar-refractivity contribution in [2.24, 2.45) is 5.41 Å². The quantitative estimate of drug-likeness (QED) is 0.411. The summed E-state index contributed by atoms with van der Waals surface area (Å²) in [5, 5.41) is 0. The summed E-state index contributed by atoms with van der Waals surface area (Å²) in [5.74, 6) is 0. The monoisotopic (exact) mass is 176 g/mol. The molecular weight excluding hydrogens is 160 g/mol. The predicted molar refractivity (Wildman–Crippen MR) is 53.0 cm³/mol. The maximum Gasteiger partial charge on any atom is 0.0602 e. The maximum atomic E-state index is 4.56. The molecule has 0 aromatic rings. The van der Waals surface area contributed by atoms with Crippen LogP contribution in [-0.2, 0) is 0 Å². The minimum absolute atomic E-state index is 0.0365. The second-order valence-electron chi connectivity index (χ2n) is 3.91. The first kappa shape index (κ1) is 8.79. The van der Waals surface area contributed by atoms with Crippen molar-refractivity contribution >= 4 is 25.3 Å². The number of hydrogen-bond acceptors (Lipinski definition) is 2. The SMILES string of the molecule is CC1(C)CCCCC1(S)S. The lowest BCUT2D eigenvalue weighted by molar-refractivity contribution is 0.238. The van der Waals surface area contributed by atoms with Gasteiger partial charge in [-0.05, 0) is 18.3 Å². The van der Waals surface area contributed by atoms with Crippen LogP contribution in [0.2, 0.25) is 0 Å². The van der Waals surface area contributed by atoms with E-state index in [1.165, 1.54) is 19.3 Å². The van der Waals surface area contributed by atoms with E-state index < -0.39 is 0 Å². The van der Waals surface area contributed by atoms with Crippen LogP contribution in [0, 0.1) is 5.41 Å². The van der Waals surface area contributed by atoms with Crippen LogP contribution < -0.4 is 0 Å². The third kappa shape index (κ3) is 1.48. The molecule has 0 aromatic carbocycles. The van der Waals surface area contributed by atoms with E-state index in [1.807, 2.05) is 0 Å². The van der Waals surface area contributed by atoms with Crippen molar-refractivity contribution < 1.29 is 0 Å². The van der Waals surface area contributed by atoms with Crippen LogP contribution in [0.25, 0.3) is 0 Å². The molecule has 0 radical (unpaired) electrons. The lowest BCUT2D eigenvalue weighted by atomic mass is 9.76. The van der Waals surface area contributed by atoms with Crippen LogP contribution in [0.4, 0.5) is 0 Å². The van der Waals surface area contributed by atoms with Gasteiger partial charge in [0.05, 0.1) is 4.08 Å². The summed E-state index contributed by atoms with van der Waals surface area (Å²) < 4.78 is -0.0365. The molecule has 60 valence electrons. The summed E-state index contributed by atoms with van der Waals surface area (Å²) in [7, 11) is 0. The van der Waals surface area contributed by atoms with E-state index in [0.717, 1.165) is 6.42 Å². The average Bonchev–Trinajstić information content (AvgIpc) is 1.77. The van der Waals surface area contributed by atoms with Crippen LogP contribution in [0.15, 0.2) is 0 Å². The van der Waals surface area contributed by atoms with Gasteiger partial charge in [-0.3, -0.25) is 0 Å². The van der Waals surface area contributed by atoms with E-state index in [0.29, 0.717) is 5.41 Å². The fraction of sp³-hybridized carbons (Fsp3) is 1.00. The molecule has 10 heavy (non-hydrogen) atoms. The highest BCUT2D eigenvalue weighted by Crippen LogP contribution is 2.50. The normalized spacial score (nSPS) is 30.0. The lowest BCUT2D eigenvalue weighted by Gasteiger charge is -2.43. The molecule has 0 N–H and O–H groups in total. The van der Waals surface area contributed by atoms with E-state index in [9.17, 15) is 0 Å². The second kappa shape index (κ2) is 2.63. The Morgan fingerprint density at radius 3 is 1.80 bits per heavy atom. The zero-order valence-electron chi connectivity index (χ0n) is 6.72.